The van der Waals surface area contributed by atoms with Crippen LogP contribution in [0.1, 0.15) is 55.6 Å². The molecule has 0 aliphatic rings. The molecule has 132 valence electrons. The fourth-order valence-corrected chi connectivity index (χ4v) is 2.40. The molecule has 0 bridgehead atoms. The Labute approximate surface area is 149 Å². The third-order valence-electron chi connectivity index (χ3n) is 4.10. The Bertz CT molecular complexity index is 771. The maximum absolute atomic E-state index is 12.5. The average Bonchev–Trinajstić information content (AvgIpc) is 2.57. The second-order valence-corrected chi connectivity index (χ2v) is 7.21. The second kappa shape index (κ2) is 7.51. The Morgan fingerprint density at radius 3 is 2.16 bits per heavy atom. The number of amides is 2. The lowest BCUT2D eigenvalue weighted by Gasteiger charge is -2.19. The number of rotatable bonds is 4. The lowest BCUT2D eigenvalue weighted by molar-refractivity contribution is -0.115. The van der Waals surface area contributed by atoms with Gasteiger partial charge in [0.2, 0.25) is 5.91 Å². The quantitative estimate of drug-likeness (QED) is 0.833. The van der Waals surface area contributed by atoms with Gasteiger partial charge in [0.15, 0.2) is 0 Å². The van der Waals surface area contributed by atoms with E-state index in [-0.39, 0.29) is 17.2 Å². The fraction of sp³-hybridized carbons (Fsp3) is 0.333. The van der Waals surface area contributed by atoms with E-state index in [4.69, 9.17) is 0 Å². The van der Waals surface area contributed by atoms with Crippen LogP contribution in [-0.4, -0.2) is 11.8 Å². The van der Waals surface area contributed by atoms with Crippen molar-refractivity contribution in [3.63, 3.8) is 0 Å². The number of carbonyl (C=O) groups excluding carboxylic acids is 2. The minimum Gasteiger partial charge on any atom is -0.326 e. The Balaban J connectivity index is 2.15. The Morgan fingerprint density at radius 1 is 0.960 bits per heavy atom. The smallest absolute Gasteiger partial charge is 0.255 e. The molecule has 2 aromatic rings. The molecule has 4 heteroatoms. The van der Waals surface area contributed by atoms with E-state index in [0.29, 0.717) is 23.4 Å². The standard InChI is InChI=1S/C21H26N2O2/c1-6-19(24)23-18-13-17(12-7-14(18)2)22-20(25)15-8-10-16(11-9-15)21(3,4)5/h7-13H,6H2,1-5H3,(H,22,25)(H,23,24). The van der Waals surface area contributed by atoms with E-state index in [1.807, 2.05) is 43.3 Å². The summed E-state index contributed by atoms with van der Waals surface area (Å²) in [7, 11) is 0. The predicted octanol–water partition coefficient (Wildman–Crippen LogP) is 4.89. The van der Waals surface area contributed by atoms with Gasteiger partial charge in [-0.15, -0.1) is 0 Å². The van der Waals surface area contributed by atoms with Crippen molar-refractivity contribution in [1.82, 2.24) is 0 Å². The van der Waals surface area contributed by atoms with Crippen LogP contribution in [0.25, 0.3) is 0 Å². The number of hydrogen-bond donors (Lipinski definition) is 2. The maximum atomic E-state index is 12.5. The summed E-state index contributed by atoms with van der Waals surface area (Å²) < 4.78 is 0. The first kappa shape index (κ1) is 18.7. The molecule has 0 aliphatic heterocycles. The van der Waals surface area contributed by atoms with Crippen molar-refractivity contribution < 1.29 is 9.59 Å². The van der Waals surface area contributed by atoms with Gasteiger partial charge in [0.1, 0.15) is 0 Å². The van der Waals surface area contributed by atoms with E-state index in [9.17, 15) is 9.59 Å². The molecule has 0 unspecified atom stereocenters. The molecule has 0 aromatic heterocycles. The van der Waals surface area contributed by atoms with Gasteiger partial charge in [-0.3, -0.25) is 9.59 Å². The third-order valence-corrected chi connectivity index (χ3v) is 4.10. The van der Waals surface area contributed by atoms with Crippen molar-refractivity contribution in [3.05, 3.63) is 59.2 Å². The highest BCUT2D eigenvalue weighted by atomic mass is 16.2. The molecule has 0 saturated carbocycles. The normalized spacial score (nSPS) is 11.1. The molecule has 4 nitrogen and oxygen atoms in total. The first-order chi connectivity index (χ1) is 11.7. The van der Waals surface area contributed by atoms with E-state index in [1.165, 1.54) is 5.56 Å². The summed E-state index contributed by atoms with van der Waals surface area (Å²) in [5.74, 6) is -0.221. The van der Waals surface area contributed by atoms with Crippen molar-refractivity contribution in [2.75, 3.05) is 10.6 Å². The van der Waals surface area contributed by atoms with Crippen molar-refractivity contribution in [3.8, 4) is 0 Å². The lowest BCUT2D eigenvalue weighted by Crippen LogP contribution is -2.15. The van der Waals surface area contributed by atoms with Gasteiger partial charge >= 0.3 is 0 Å². The Morgan fingerprint density at radius 2 is 1.60 bits per heavy atom. The molecule has 0 atom stereocenters. The van der Waals surface area contributed by atoms with Crippen LogP contribution >= 0.6 is 0 Å². The molecule has 0 aliphatic carbocycles. The molecule has 0 fully saturated rings. The summed E-state index contributed by atoms with van der Waals surface area (Å²) in [4.78, 5) is 24.1. The zero-order chi connectivity index (χ0) is 18.6. The number of aryl methyl sites for hydroxylation is 1. The van der Waals surface area contributed by atoms with Crippen LogP contribution in [0.15, 0.2) is 42.5 Å². The SMILES string of the molecule is CCC(=O)Nc1cc(NC(=O)c2ccc(C(C)(C)C)cc2)ccc1C. The van der Waals surface area contributed by atoms with E-state index in [2.05, 4.69) is 31.4 Å². The molecule has 2 aromatic carbocycles. The number of carbonyl (C=O) groups is 2. The number of benzene rings is 2. The fourth-order valence-electron chi connectivity index (χ4n) is 2.40. The van der Waals surface area contributed by atoms with Gasteiger partial charge in [0, 0.05) is 23.4 Å². The van der Waals surface area contributed by atoms with Crippen LogP contribution in [-0.2, 0) is 10.2 Å². The predicted molar refractivity (Wildman–Crippen MR) is 103 cm³/mol. The molecular formula is C21H26N2O2. The van der Waals surface area contributed by atoms with Crippen LogP contribution in [0.4, 0.5) is 11.4 Å². The van der Waals surface area contributed by atoms with Crippen molar-refractivity contribution in [1.29, 1.82) is 0 Å². The largest absolute Gasteiger partial charge is 0.326 e. The third kappa shape index (κ3) is 4.92. The zero-order valence-electron chi connectivity index (χ0n) is 15.6. The number of hydrogen-bond acceptors (Lipinski definition) is 2. The molecular weight excluding hydrogens is 312 g/mol. The number of nitrogens with one attached hydrogen (secondary N) is 2. The maximum Gasteiger partial charge on any atom is 0.255 e. The Hall–Kier alpha value is -2.62. The van der Waals surface area contributed by atoms with Crippen molar-refractivity contribution in [2.24, 2.45) is 0 Å². The topological polar surface area (TPSA) is 58.2 Å². The van der Waals surface area contributed by atoms with Crippen molar-refractivity contribution in [2.45, 2.75) is 46.5 Å². The highest BCUT2D eigenvalue weighted by molar-refractivity contribution is 6.04. The van der Waals surface area contributed by atoms with Gasteiger partial charge in [-0.05, 0) is 47.7 Å². The van der Waals surface area contributed by atoms with Gasteiger partial charge in [-0.2, -0.15) is 0 Å². The summed E-state index contributed by atoms with van der Waals surface area (Å²) in [5.41, 5.74) is 4.17. The first-order valence-electron chi connectivity index (χ1n) is 8.53. The van der Waals surface area contributed by atoms with Gasteiger partial charge in [0.05, 0.1) is 0 Å². The average molecular weight is 338 g/mol. The summed E-state index contributed by atoms with van der Waals surface area (Å²) in [6, 6.07) is 13.1. The molecule has 2 rings (SSSR count). The molecule has 25 heavy (non-hydrogen) atoms. The molecule has 2 amide bonds. The molecule has 0 heterocycles. The van der Waals surface area contributed by atoms with E-state index >= 15 is 0 Å². The summed E-state index contributed by atoms with van der Waals surface area (Å²) in [6.07, 6.45) is 0.413. The molecule has 0 spiro atoms. The van der Waals surface area contributed by atoms with E-state index in [0.717, 1.165) is 5.56 Å². The zero-order valence-corrected chi connectivity index (χ0v) is 15.6. The van der Waals surface area contributed by atoms with Gasteiger partial charge in [-0.25, -0.2) is 0 Å². The van der Waals surface area contributed by atoms with Crippen LogP contribution < -0.4 is 10.6 Å². The van der Waals surface area contributed by atoms with Crippen LogP contribution in [0, 0.1) is 6.92 Å². The van der Waals surface area contributed by atoms with Crippen LogP contribution in [0.2, 0.25) is 0 Å². The molecule has 2 N–H and O–H groups in total. The number of anilines is 2. The molecule has 0 saturated heterocycles. The summed E-state index contributed by atoms with van der Waals surface area (Å²) >= 11 is 0. The van der Waals surface area contributed by atoms with Crippen molar-refractivity contribution >= 4 is 23.2 Å². The summed E-state index contributed by atoms with van der Waals surface area (Å²) in [5, 5.41) is 5.73. The molecule has 0 radical (unpaired) electrons. The lowest BCUT2D eigenvalue weighted by atomic mass is 9.87. The van der Waals surface area contributed by atoms with Crippen LogP contribution in [0.5, 0.6) is 0 Å². The highest BCUT2D eigenvalue weighted by Crippen LogP contribution is 2.23. The van der Waals surface area contributed by atoms with E-state index in [1.54, 1.807) is 13.0 Å². The van der Waals surface area contributed by atoms with Gasteiger partial charge < -0.3 is 10.6 Å². The van der Waals surface area contributed by atoms with Gasteiger partial charge in [-0.1, -0.05) is 45.9 Å². The van der Waals surface area contributed by atoms with Gasteiger partial charge in [0.25, 0.3) is 5.91 Å². The minimum atomic E-state index is -0.169. The first-order valence-corrected chi connectivity index (χ1v) is 8.53. The summed E-state index contributed by atoms with van der Waals surface area (Å²) in [6.45, 7) is 10.1. The monoisotopic (exact) mass is 338 g/mol. The minimum absolute atomic E-state index is 0.0515. The van der Waals surface area contributed by atoms with Crippen LogP contribution in [0.3, 0.4) is 0 Å². The Kier molecular flexibility index (Phi) is 5.62. The highest BCUT2D eigenvalue weighted by Gasteiger charge is 2.14. The second-order valence-electron chi connectivity index (χ2n) is 7.21. The van der Waals surface area contributed by atoms with E-state index < -0.39 is 0 Å².